The maximum atomic E-state index is 13.2. The van der Waals surface area contributed by atoms with E-state index in [1.54, 1.807) is 6.07 Å². The van der Waals surface area contributed by atoms with Crippen LogP contribution in [0.4, 0.5) is 5.69 Å². The lowest BCUT2D eigenvalue weighted by molar-refractivity contribution is -0.155. The molecule has 2 aliphatic rings. The van der Waals surface area contributed by atoms with Crippen LogP contribution in [0.2, 0.25) is 5.02 Å². The lowest BCUT2D eigenvalue weighted by atomic mass is 9.68. The summed E-state index contributed by atoms with van der Waals surface area (Å²) in [5.41, 5.74) is 2.87. The highest BCUT2D eigenvalue weighted by Gasteiger charge is 2.42. The molecule has 0 saturated heterocycles. The van der Waals surface area contributed by atoms with E-state index < -0.39 is 11.5 Å². The van der Waals surface area contributed by atoms with Gasteiger partial charge >= 0.3 is 5.97 Å². The molecule has 0 bridgehead atoms. The first-order valence-corrected chi connectivity index (χ1v) is 15.1. The summed E-state index contributed by atoms with van der Waals surface area (Å²) in [7, 11) is 0. The van der Waals surface area contributed by atoms with Gasteiger partial charge in [-0.2, -0.15) is 0 Å². The highest BCUT2D eigenvalue weighted by molar-refractivity contribution is 6.33. The van der Waals surface area contributed by atoms with E-state index in [1.165, 1.54) is 19.3 Å². The van der Waals surface area contributed by atoms with Crippen LogP contribution in [0, 0.1) is 18.8 Å². The summed E-state index contributed by atoms with van der Waals surface area (Å²) >= 11 is 6.37. The van der Waals surface area contributed by atoms with E-state index in [0.717, 1.165) is 60.1 Å². The van der Waals surface area contributed by atoms with Crippen LogP contribution >= 0.6 is 11.6 Å². The molecule has 2 fully saturated rings. The van der Waals surface area contributed by atoms with E-state index >= 15 is 0 Å². The molecule has 214 valence electrons. The minimum absolute atomic E-state index is 0.0694. The molecule has 2 aliphatic carbocycles. The van der Waals surface area contributed by atoms with Gasteiger partial charge in [0.2, 0.25) is 5.91 Å². The second-order valence-electron chi connectivity index (χ2n) is 12.8. The number of aryl methyl sites for hydroxylation is 1. The van der Waals surface area contributed by atoms with Gasteiger partial charge in [0.05, 0.1) is 22.8 Å². The van der Waals surface area contributed by atoms with Gasteiger partial charge in [-0.3, -0.25) is 9.59 Å². The molecule has 1 N–H and O–H groups in total. The summed E-state index contributed by atoms with van der Waals surface area (Å²) < 4.78 is 11.7. The normalized spacial score (nSPS) is 20.0. The van der Waals surface area contributed by atoms with Crippen LogP contribution in [-0.4, -0.2) is 22.6 Å². The minimum Gasteiger partial charge on any atom is -0.460 e. The van der Waals surface area contributed by atoms with Gasteiger partial charge in [-0.25, -0.2) is 0 Å². The smallest absolute Gasteiger partial charge is 0.307 e. The molecule has 39 heavy (non-hydrogen) atoms. The number of carbonyl (C=O) groups is 2. The molecule has 2 aromatic rings. The van der Waals surface area contributed by atoms with Gasteiger partial charge in [0.25, 0.3) is 0 Å². The monoisotopic (exact) mass is 556 g/mol. The second kappa shape index (κ2) is 12.4. The van der Waals surface area contributed by atoms with E-state index in [0.29, 0.717) is 22.5 Å². The average Bonchev–Trinajstić information content (AvgIpc) is 3.57. The zero-order chi connectivity index (χ0) is 28.3. The Morgan fingerprint density at radius 2 is 1.82 bits per heavy atom. The number of esters is 1. The van der Waals surface area contributed by atoms with Crippen molar-refractivity contribution in [1.29, 1.82) is 0 Å². The molecule has 1 heterocycles. The molecule has 1 aromatic heterocycles. The average molecular weight is 557 g/mol. The Kier molecular flexibility index (Phi) is 9.46. The van der Waals surface area contributed by atoms with Crippen molar-refractivity contribution in [2.24, 2.45) is 11.8 Å². The van der Waals surface area contributed by atoms with Gasteiger partial charge < -0.3 is 14.6 Å². The van der Waals surface area contributed by atoms with E-state index in [4.69, 9.17) is 20.9 Å². The van der Waals surface area contributed by atoms with Gasteiger partial charge in [-0.1, -0.05) is 49.5 Å². The summed E-state index contributed by atoms with van der Waals surface area (Å²) in [4.78, 5) is 26.2. The molecule has 6 nitrogen and oxygen atoms in total. The summed E-state index contributed by atoms with van der Waals surface area (Å²) in [5.74, 6) is 2.31. The lowest BCUT2D eigenvalue weighted by Crippen LogP contribution is -2.26. The van der Waals surface area contributed by atoms with E-state index in [9.17, 15) is 9.59 Å². The maximum Gasteiger partial charge on any atom is 0.307 e. The molecule has 1 amide bonds. The van der Waals surface area contributed by atoms with Gasteiger partial charge in [0.15, 0.2) is 0 Å². The number of hydrogen-bond donors (Lipinski definition) is 1. The molecule has 1 unspecified atom stereocenters. The predicted octanol–water partition coefficient (Wildman–Crippen LogP) is 8.68. The molecular weight excluding hydrogens is 512 g/mol. The van der Waals surface area contributed by atoms with Crippen molar-refractivity contribution < 1.29 is 18.8 Å². The first-order valence-electron chi connectivity index (χ1n) is 14.7. The zero-order valence-corrected chi connectivity index (χ0v) is 25.2. The third-order valence-electron chi connectivity index (χ3n) is 8.25. The number of nitrogens with one attached hydrogen (secondary N) is 1. The van der Waals surface area contributed by atoms with Gasteiger partial charge in [0.1, 0.15) is 11.4 Å². The highest BCUT2D eigenvalue weighted by atomic mass is 35.5. The Bertz CT molecular complexity index is 1150. The predicted molar refractivity (Wildman–Crippen MR) is 155 cm³/mol. The number of benzene rings is 1. The number of ether oxygens (including phenoxy) is 1. The Balaban J connectivity index is 1.54. The maximum absolute atomic E-state index is 13.2. The Labute approximate surface area is 238 Å². The molecule has 0 aliphatic heterocycles. The van der Waals surface area contributed by atoms with Crippen molar-refractivity contribution in [2.75, 3.05) is 5.32 Å². The molecule has 2 saturated carbocycles. The first-order chi connectivity index (χ1) is 18.5. The summed E-state index contributed by atoms with van der Waals surface area (Å²) in [5, 5.41) is 7.97. The van der Waals surface area contributed by atoms with Crippen molar-refractivity contribution in [2.45, 2.75) is 123 Å². The number of hydrogen-bond acceptors (Lipinski definition) is 5. The molecule has 1 aromatic carbocycles. The highest BCUT2D eigenvalue weighted by Crippen LogP contribution is 2.53. The number of halogens is 1. The van der Waals surface area contributed by atoms with Crippen LogP contribution in [0.3, 0.4) is 0 Å². The Hall–Kier alpha value is -2.34. The molecule has 7 heteroatoms. The fourth-order valence-corrected chi connectivity index (χ4v) is 6.21. The fourth-order valence-electron chi connectivity index (χ4n) is 5.93. The molecule has 4 rings (SSSR count). The van der Waals surface area contributed by atoms with E-state index in [1.807, 2.05) is 39.8 Å². The number of amides is 1. The van der Waals surface area contributed by atoms with Gasteiger partial charge in [0, 0.05) is 23.8 Å². The number of anilines is 1. The second-order valence-corrected chi connectivity index (χ2v) is 13.2. The van der Waals surface area contributed by atoms with E-state index in [-0.39, 0.29) is 24.7 Å². The number of carbonyl (C=O) groups excluding carboxylic acids is 2. The van der Waals surface area contributed by atoms with Crippen LogP contribution in [0.1, 0.15) is 133 Å². The van der Waals surface area contributed by atoms with Crippen molar-refractivity contribution in [1.82, 2.24) is 5.16 Å². The van der Waals surface area contributed by atoms with Crippen molar-refractivity contribution in [3.63, 3.8) is 0 Å². The Morgan fingerprint density at radius 1 is 1.13 bits per heavy atom. The van der Waals surface area contributed by atoms with Crippen LogP contribution in [0.15, 0.2) is 22.7 Å². The lowest BCUT2D eigenvalue weighted by Gasteiger charge is -2.36. The number of nitrogens with zero attached hydrogens (tertiary/aromatic N) is 1. The molecule has 0 radical (unpaired) electrons. The van der Waals surface area contributed by atoms with Crippen molar-refractivity contribution in [3.05, 3.63) is 45.8 Å². The first kappa shape index (κ1) is 29.6. The fraction of sp³-hybridized carbons (Fsp3) is 0.656. The topological polar surface area (TPSA) is 81.4 Å². The quantitative estimate of drug-likeness (QED) is 0.264. The van der Waals surface area contributed by atoms with Crippen molar-refractivity contribution >= 4 is 29.2 Å². The number of aromatic nitrogens is 1. The van der Waals surface area contributed by atoms with Crippen molar-refractivity contribution in [3.8, 4) is 0 Å². The largest absolute Gasteiger partial charge is 0.460 e. The summed E-state index contributed by atoms with van der Waals surface area (Å²) in [6, 6.07) is 5.53. The van der Waals surface area contributed by atoms with Crippen LogP contribution < -0.4 is 5.32 Å². The van der Waals surface area contributed by atoms with Crippen LogP contribution in [0.5, 0.6) is 0 Å². The van der Waals surface area contributed by atoms with E-state index in [2.05, 4.69) is 24.3 Å². The van der Waals surface area contributed by atoms with Crippen LogP contribution in [0.25, 0.3) is 0 Å². The molecular formula is C32H45ClN2O4. The number of rotatable bonds is 12. The SMILES string of the molecule is CCC(CC)CC1CC(c2onc(C(CC(=O)Nc3ccc(C)cc3Cl)CC(=O)OC(C)(C)C)c2C2CC2)C1. The summed E-state index contributed by atoms with van der Waals surface area (Å²) in [6.45, 7) is 12.1. The Morgan fingerprint density at radius 3 is 2.41 bits per heavy atom. The minimum atomic E-state index is -0.608. The van der Waals surface area contributed by atoms with Gasteiger partial charge in [-0.15, -0.1) is 0 Å². The van der Waals surface area contributed by atoms with Gasteiger partial charge in [-0.05, 0) is 95.2 Å². The molecule has 0 spiro atoms. The standard InChI is InChI=1S/C32H45ClN2O4/c1-7-20(8-2)14-21-15-24(16-21)31-29(22-10-11-22)30(35-39-31)23(18-28(37)38-32(4,5)6)17-27(36)34-26-12-9-19(3)13-25(26)33/h9,12-13,20-24H,7-8,10-11,14-18H2,1-6H3,(H,34,36). The third kappa shape index (κ3) is 7.87. The van der Waals surface area contributed by atoms with Crippen LogP contribution in [-0.2, 0) is 14.3 Å². The molecule has 1 atom stereocenters. The zero-order valence-electron chi connectivity index (χ0n) is 24.4. The summed E-state index contributed by atoms with van der Waals surface area (Å²) in [6.07, 6.45) is 8.37. The third-order valence-corrected chi connectivity index (χ3v) is 8.56.